The first-order valence-corrected chi connectivity index (χ1v) is 8.50. The summed E-state index contributed by atoms with van der Waals surface area (Å²) in [5, 5.41) is 2.86. The Balaban J connectivity index is 1.90. The van der Waals surface area contributed by atoms with Crippen LogP contribution in [0.15, 0.2) is 42.5 Å². The lowest BCUT2D eigenvalue weighted by Crippen LogP contribution is -2.23. The molecule has 0 unspecified atom stereocenters. The number of hydrogen-bond acceptors (Lipinski definition) is 5. The predicted molar refractivity (Wildman–Crippen MR) is 105 cm³/mol. The van der Waals surface area contributed by atoms with Crippen molar-refractivity contribution in [1.29, 1.82) is 0 Å². The topological polar surface area (TPSA) is 66.0 Å². The number of amides is 1. The maximum Gasteiger partial charge on any atom is 0.244 e. The first kappa shape index (κ1) is 20.2. The summed E-state index contributed by atoms with van der Waals surface area (Å²) in [5.41, 5.74) is 1.85. The van der Waals surface area contributed by atoms with Crippen LogP contribution in [-0.4, -0.2) is 40.9 Å². The third kappa shape index (κ3) is 5.67. The molecule has 0 heterocycles. The van der Waals surface area contributed by atoms with Gasteiger partial charge in [-0.05, 0) is 42.3 Å². The molecule has 144 valence electrons. The fraction of sp³-hybridized carbons (Fsp3) is 0.286. The normalized spacial score (nSPS) is 10.5. The van der Waals surface area contributed by atoms with Crippen molar-refractivity contribution in [2.24, 2.45) is 0 Å². The summed E-state index contributed by atoms with van der Waals surface area (Å²) < 4.78 is 21.0. The van der Waals surface area contributed by atoms with Gasteiger partial charge in [0.2, 0.25) is 5.91 Å². The van der Waals surface area contributed by atoms with Crippen molar-refractivity contribution in [2.75, 3.05) is 35.0 Å². The zero-order valence-corrected chi connectivity index (χ0v) is 16.1. The maximum absolute atomic E-state index is 12.0. The standard InChI is InChI=1S/C21H25NO5/c1-24-17-8-6-16(19(14-17)26-3)7-10-21(23)22-12-11-15-5-9-18(25-2)20(13-15)27-4/h5-10,13-14H,11-12H2,1-4H3,(H,22,23)/b10-7+. The summed E-state index contributed by atoms with van der Waals surface area (Å²) >= 11 is 0. The van der Waals surface area contributed by atoms with Gasteiger partial charge in [-0.3, -0.25) is 4.79 Å². The molecule has 27 heavy (non-hydrogen) atoms. The van der Waals surface area contributed by atoms with E-state index in [1.165, 1.54) is 6.08 Å². The van der Waals surface area contributed by atoms with Gasteiger partial charge in [0.25, 0.3) is 0 Å². The molecule has 1 N–H and O–H groups in total. The summed E-state index contributed by atoms with van der Waals surface area (Å²) in [6.07, 6.45) is 3.88. The molecule has 0 aliphatic rings. The van der Waals surface area contributed by atoms with Crippen LogP contribution in [0.5, 0.6) is 23.0 Å². The minimum atomic E-state index is -0.173. The van der Waals surface area contributed by atoms with Crippen molar-refractivity contribution in [3.63, 3.8) is 0 Å². The van der Waals surface area contributed by atoms with Crippen LogP contribution in [0.4, 0.5) is 0 Å². The summed E-state index contributed by atoms with van der Waals surface area (Å²) in [6, 6.07) is 11.1. The van der Waals surface area contributed by atoms with E-state index >= 15 is 0 Å². The molecule has 0 bridgehead atoms. The second-order valence-electron chi connectivity index (χ2n) is 5.67. The number of methoxy groups -OCH3 is 4. The summed E-state index contributed by atoms with van der Waals surface area (Å²) in [5.74, 6) is 2.52. The van der Waals surface area contributed by atoms with Gasteiger partial charge in [0.15, 0.2) is 11.5 Å². The molecule has 2 rings (SSSR count). The minimum absolute atomic E-state index is 0.173. The molecule has 2 aromatic carbocycles. The Morgan fingerprint density at radius 1 is 0.889 bits per heavy atom. The quantitative estimate of drug-likeness (QED) is 0.686. The molecule has 0 saturated carbocycles. The van der Waals surface area contributed by atoms with Gasteiger partial charge in [0, 0.05) is 24.3 Å². The number of carbonyl (C=O) groups is 1. The van der Waals surface area contributed by atoms with Crippen LogP contribution in [0.3, 0.4) is 0 Å². The molecule has 0 atom stereocenters. The first-order chi connectivity index (χ1) is 13.1. The SMILES string of the molecule is COc1ccc(/C=C/C(=O)NCCc2ccc(OC)c(OC)c2)c(OC)c1. The highest BCUT2D eigenvalue weighted by molar-refractivity contribution is 5.92. The first-order valence-electron chi connectivity index (χ1n) is 8.50. The third-order valence-corrected chi connectivity index (χ3v) is 4.02. The Hall–Kier alpha value is -3.15. The van der Waals surface area contributed by atoms with Gasteiger partial charge in [-0.2, -0.15) is 0 Å². The van der Waals surface area contributed by atoms with Crippen molar-refractivity contribution in [1.82, 2.24) is 5.32 Å². The molecular formula is C21H25NO5. The van der Waals surface area contributed by atoms with Crippen molar-refractivity contribution in [2.45, 2.75) is 6.42 Å². The summed E-state index contributed by atoms with van der Waals surface area (Å²) in [4.78, 5) is 12.0. The number of nitrogens with one attached hydrogen (secondary N) is 1. The van der Waals surface area contributed by atoms with Gasteiger partial charge in [0.05, 0.1) is 28.4 Å². The Bertz CT molecular complexity index is 801. The van der Waals surface area contributed by atoms with Crippen LogP contribution in [0.1, 0.15) is 11.1 Å². The fourth-order valence-electron chi connectivity index (χ4n) is 2.55. The van der Waals surface area contributed by atoms with Crippen LogP contribution in [0.2, 0.25) is 0 Å². The highest BCUT2D eigenvalue weighted by Crippen LogP contribution is 2.27. The largest absolute Gasteiger partial charge is 0.497 e. The Morgan fingerprint density at radius 3 is 2.30 bits per heavy atom. The second-order valence-corrected chi connectivity index (χ2v) is 5.67. The number of hydrogen-bond donors (Lipinski definition) is 1. The van der Waals surface area contributed by atoms with E-state index < -0.39 is 0 Å². The van der Waals surface area contributed by atoms with Gasteiger partial charge in [-0.15, -0.1) is 0 Å². The molecule has 0 aromatic heterocycles. The predicted octanol–water partition coefficient (Wildman–Crippen LogP) is 3.09. The third-order valence-electron chi connectivity index (χ3n) is 4.02. The van der Waals surface area contributed by atoms with Gasteiger partial charge in [0.1, 0.15) is 11.5 Å². The lowest BCUT2D eigenvalue weighted by Gasteiger charge is -2.10. The number of benzene rings is 2. The average molecular weight is 371 g/mol. The summed E-state index contributed by atoms with van der Waals surface area (Å²) in [7, 11) is 6.37. The van der Waals surface area contributed by atoms with Crippen LogP contribution < -0.4 is 24.3 Å². The van der Waals surface area contributed by atoms with E-state index in [-0.39, 0.29) is 5.91 Å². The average Bonchev–Trinajstić information content (AvgIpc) is 2.71. The Labute approximate surface area is 159 Å². The Kier molecular flexibility index (Phi) is 7.55. The van der Waals surface area contributed by atoms with Crippen molar-refractivity contribution in [3.05, 3.63) is 53.6 Å². The van der Waals surface area contributed by atoms with E-state index in [1.807, 2.05) is 30.3 Å². The van der Waals surface area contributed by atoms with Gasteiger partial charge in [-0.1, -0.05) is 6.07 Å². The number of carbonyl (C=O) groups excluding carboxylic acids is 1. The second kappa shape index (κ2) is 10.1. The lowest BCUT2D eigenvalue weighted by molar-refractivity contribution is -0.116. The van der Waals surface area contributed by atoms with E-state index in [4.69, 9.17) is 18.9 Å². The van der Waals surface area contributed by atoms with Crippen molar-refractivity contribution in [3.8, 4) is 23.0 Å². The molecule has 1 amide bonds. The number of ether oxygens (including phenoxy) is 4. The molecule has 6 heteroatoms. The summed E-state index contributed by atoms with van der Waals surface area (Å²) in [6.45, 7) is 0.512. The van der Waals surface area contributed by atoms with Gasteiger partial charge >= 0.3 is 0 Å². The van der Waals surface area contributed by atoms with Crippen LogP contribution in [0, 0.1) is 0 Å². The zero-order chi connectivity index (χ0) is 19.6. The highest BCUT2D eigenvalue weighted by atomic mass is 16.5. The molecule has 0 aliphatic carbocycles. The lowest BCUT2D eigenvalue weighted by atomic mass is 10.1. The van der Waals surface area contributed by atoms with E-state index in [9.17, 15) is 4.79 Å². The fourth-order valence-corrected chi connectivity index (χ4v) is 2.55. The molecule has 0 aliphatic heterocycles. The van der Waals surface area contributed by atoms with Crippen molar-refractivity contribution < 1.29 is 23.7 Å². The molecule has 0 spiro atoms. The van der Waals surface area contributed by atoms with Crippen LogP contribution in [-0.2, 0) is 11.2 Å². The van der Waals surface area contributed by atoms with E-state index in [0.29, 0.717) is 36.0 Å². The molecular weight excluding hydrogens is 346 g/mol. The van der Waals surface area contributed by atoms with Crippen LogP contribution >= 0.6 is 0 Å². The monoisotopic (exact) mass is 371 g/mol. The van der Waals surface area contributed by atoms with E-state index in [2.05, 4.69) is 5.32 Å². The smallest absolute Gasteiger partial charge is 0.244 e. The van der Waals surface area contributed by atoms with Gasteiger partial charge < -0.3 is 24.3 Å². The van der Waals surface area contributed by atoms with E-state index in [0.717, 1.165) is 11.1 Å². The molecule has 0 saturated heterocycles. The van der Waals surface area contributed by atoms with E-state index in [1.54, 1.807) is 40.6 Å². The molecule has 0 radical (unpaired) electrons. The highest BCUT2D eigenvalue weighted by Gasteiger charge is 2.05. The number of rotatable bonds is 9. The van der Waals surface area contributed by atoms with Crippen molar-refractivity contribution >= 4 is 12.0 Å². The Morgan fingerprint density at radius 2 is 1.63 bits per heavy atom. The molecule has 6 nitrogen and oxygen atoms in total. The minimum Gasteiger partial charge on any atom is -0.497 e. The van der Waals surface area contributed by atoms with Crippen LogP contribution in [0.25, 0.3) is 6.08 Å². The molecule has 0 fully saturated rings. The molecule has 2 aromatic rings. The maximum atomic E-state index is 12.0. The zero-order valence-electron chi connectivity index (χ0n) is 16.1. The van der Waals surface area contributed by atoms with Gasteiger partial charge in [-0.25, -0.2) is 0 Å².